The lowest BCUT2D eigenvalue weighted by atomic mass is 9.70. The van der Waals surface area contributed by atoms with Gasteiger partial charge in [-0.3, -0.25) is 0 Å². The van der Waals surface area contributed by atoms with Gasteiger partial charge in [0.2, 0.25) is 0 Å². The highest BCUT2D eigenvalue weighted by molar-refractivity contribution is 6.98. The zero-order valence-corrected chi connectivity index (χ0v) is 32.3. The number of aryl methyl sites for hydroxylation is 4. The molecule has 0 saturated carbocycles. The van der Waals surface area contributed by atoms with Gasteiger partial charge in [-0.25, -0.2) is 0 Å². The normalized spacial score (nSPS) is 18.3. The van der Waals surface area contributed by atoms with Crippen LogP contribution in [-0.4, -0.2) is 8.07 Å². The van der Waals surface area contributed by atoms with Crippen molar-refractivity contribution in [1.82, 2.24) is 0 Å². The van der Waals surface area contributed by atoms with E-state index in [-0.39, 0.29) is 5.92 Å². The molecule has 0 amide bonds. The fourth-order valence-electron chi connectivity index (χ4n) is 9.60. The van der Waals surface area contributed by atoms with Crippen molar-refractivity contribution < 1.29 is 0 Å². The molecule has 52 heavy (non-hydrogen) atoms. The Morgan fingerprint density at radius 3 is 2.02 bits per heavy atom. The smallest absolute Gasteiger partial charge is 0.0807 e. The Morgan fingerprint density at radius 2 is 1.29 bits per heavy atom. The molecule has 1 unspecified atom stereocenters. The number of benzene rings is 5. The number of hydrogen-bond donors (Lipinski definition) is 0. The Morgan fingerprint density at radius 1 is 0.596 bits per heavy atom. The first-order valence-electron chi connectivity index (χ1n) is 18.9. The Bertz CT molecular complexity index is 2580. The van der Waals surface area contributed by atoms with E-state index in [1.54, 1.807) is 10.4 Å². The van der Waals surface area contributed by atoms with E-state index in [0.717, 1.165) is 12.8 Å². The number of rotatable bonds is 4. The molecule has 0 nitrogen and oxygen atoms in total. The van der Waals surface area contributed by atoms with E-state index in [2.05, 4.69) is 180 Å². The second-order valence-electron chi connectivity index (χ2n) is 16.0. The summed E-state index contributed by atoms with van der Waals surface area (Å²) in [5.74, 6) is 0.258. The highest BCUT2D eigenvalue weighted by atomic mass is 28.3. The van der Waals surface area contributed by atoms with Crippen LogP contribution in [0.3, 0.4) is 0 Å². The minimum absolute atomic E-state index is 0.258. The van der Waals surface area contributed by atoms with Crippen molar-refractivity contribution in [2.75, 3.05) is 0 Å². The number of allylic oxidation sites excluding steroid dienone is 10. The van der Waals surface area contributed by atoms with E-state index in [1.165, 1.54) is 93.9 Å². The van der Waals surface area contributed by atoms with Gasteiger partial charge in [0.05, 0.1) is 0 Å². The van der Waals surface area contributed by atoms with Gasteiger partial charge in [0.1, 0.15) is 8.07 Å². The summed E-state index contributed by atoms with van der Waals surface area (Å²) in [4.78, 5) is 0. The van der Waals surface area contributed by atoms with Crippen LogP contribution in [0.5, 0.6) is 0 Å². The molecule has 0 N–H and O–H groups in total. The van der Waals surface area contributed by atoms with E-state index in [4.69, 9.17) is 0 Å². The van der Waals surface area contributed by atoms with Crippen molar-refractivity contribution in [3.63, 3.8) is 0 Å². The van der Waals surface area contributed by atoms with Gasteiger partial charge < -0.3 is 0 Å². The van der Waals surface area contributed by atoms with Gasteiger partial charge in [-0.15, -0.1) is 0 Å². The summed E-state index contributed by atoms with van der Waals surface area (Å²) in [5.41, 5.74) is 20.5. The maximum atomic E-state index is 2.64. The molecule has 1 heteroatoms. The lowest BCUT2D eigenvalue weighted by Gasteiger charge is -2.36. The minimum atomic E-state index is -1.98. The molecular formula is C51H46Si. The van der Waals surface area contributed by atoms with Crippen molar-refractivity contribution >= 4 is 35.6 Å². The Labute approximate surface area is 310 Å². The fraction of sp³-hybridized carbons (Fsp3) is 0.176. The molecule has 1 heterocycles. The lowest BCUT2D eigenvalue weighted by Crippen LogP contribution is -2.44. The Balaban J connectivity index is 1.35. The number of fused-ring (bicyclic) bond motifs is 4. The Hall–Kier alpha value is -5.24. The third-order valence-electron chi connectivity index (χ3n) is 11.8. The van der Waals surface area contributed by atoms with E-state index in [0.29, 0.717) is 0 Å². The summed E-state index contributed by atoms with van der Waals surface area (Å²) < 4.78 is 0. The van der Waals surface area contributed by atoms with Crippen molar-refractivity contribution in [3.05, 3.63) is 205 Å². The molecule has 0 saturated heterocycles. The monoisotopic (exact) mass is 686 g/mol. The molecule has 1 atom stereocenters. The summed E-state index contributed by atoms with van der Waals surface area (Å²) in [6.07, 6.45) is 15.9. The van der Waals surface area contributed by atoms with Crippen LogP contribution in [0.2, 0.25) is 13.1 Å². The molecule has 0 fully saturated rings. The molecule has 5 aromatic rings. The van der Waals surface area contributed by atoms with Crippen LogP contribution in [0, 0.1) is 33.6 Å². The summed E-state index contributed by atoms with van der Waals surface area (Å²) in [6, 6.07) is 39.9. The van der Waals surface area contributed by atoms with Gasteiger partial charge in [0, 0.05) is 5.92 Å². The first-order valence-corrected chi connectivity index (χ1v) is 21.9. The summed E-state index contributed by atoms with van der Waals surface area (Å²) in [5, 5.41) is 6.01. The minimum Gasteiger partial charge on any atom is -0.0807 e. The molecule has 0 bridgehead atoms. The largest absolute Gasteiger partial charge is 0.109 e. The van der Waals surface area contributed by atoms with Crippen LogP contribution in [0.4, 0.5) is 0 Å². The zero-order chi connectivity index (χ0) is 35.7. The SMILES string of the molecule is Cc1cc(C)cc(C2=c3ccc(C4=CCC=CC=C4)cc3=C(c3cc(C)cc(C)c3)C3CC4=C(C=C23)c2ccc(-c3ccccc3)cc2[Si]4(C)C)c1. The molecule has 0 radical (unpaired) electrons. The van der Waals surface area contributed by atoms with E-state index >= 15 is 0 Å². The van der Waals surface area contributed by atoms with Crippen molar-refractivity contribution in [2.24, 2.45) is 5.92 Å². The molecule has 9 rings (SSSR count). The standard InChI is InChI=1S/C51H46Si/c1-32-22-33(2)25-40(24-32)50-43-21-19-38(36-14-10-7-8-11-15-36)28-45(43)51(41-26-34(3)23-35(4)27-41)47-31-49-44(30-46(47)50)42-20-18-39(29-48(42)52(49,5)6)37-16-12-9-13-17-37/h7-10,12-30,47H,11,31H2,1-6H3. The average molecular weight is 687 g/mol. The highest BCUT2D eigenvalue weighted by Gasteiger charge is 2.44. The third-order valence-corrected chi connectivity index (χ3v) is 15.6. The predicted molar refractivity (Wildman–Crippen MR) is 226 cm³/mol. The average Bonchev–Trinajstić information content (AvgIpc) is 3.29. The maximum Gasteiger partial charge on any atom is 0.109 e. The van der Waals surface area contributed by atoms with Gasteiger partial charge in [0.25, 0.3) is 0 Å². The summed E-state index contributed by atoms with van der Waals surface area (Å²) in [7, 11) is -1.98. The quantitative estimate of drug-likeness (QED) is 0.165. The van der Waals surface area contributed by atoms with Crippen LogP contribution in [0.25, 0.3) is 33.4 Å². The lowest BCUT2D eigenvalue weighted by molar-refractivity contribution is 0.787. The van der Waals surface area contributed by atoms with Crippen molar-refractivity contribution in [1.29, 1.82) is 0 Å². The van der Waals surface area contributed by atoms with Gasteiger partial charge in [-0.05, 0) is 123 Å². The zero-order valence-electron chi connectivity index (χ0n) is 31.3. The van der Waals surface area contributed by atoms with E-state index < -0.39 is 8.07 Å². The first kappa shape index (κ1) is 32.6. The second kappa shape index (κ2) is 12.5. The molecule has 0 aromatic heterocycles. The number of hydrogen-bond acceptors (Lipinski definition) is 0. The molecule has 5 aromatic carbocycles. The molecule has 4 aliphatic rings. The van der Waals surface area contributed by atoms with Crippen LogP contribution in [0.1, 0.15) is 57.3 Å². The molecule has 254 valence electrons. The fourth-order valence-corrected chi connectivity index (χ4v) is 12.9. The third kappa shape index (κ3) is 5.42. The maximum absolute atomic E-state index is 2.64. The van der Waals surface area contributed by atoms with Crippen LogP contribution >= 0.6 is 0 Å². The van der Waals surface area contributed by atoms with Gasteiger partial charge in [0.15, 0.2) is 0 Å². The topological polar surface area (TPSA) is 0 Å². The van der Waals surface area contributed by atoms with Crippen LogP contribution < -0.4 is 15.6 Å². The van der Waals surface area contributed by atoms with Crippen molar-refractivity contribution in [3.8, 4) is 11.1 Å². The predicted octanol–water partition coefficient (Wildman–Crippen LogP) is 10.8. The van der Waals surface area contributed by atoms with Gasteiger partial charge >= 0.3 is 0 Å². The Kier molecular flexibility index (Phi) is 7.83. The molecular weight excluding hydrogens is 641 g/mol. The molecule has 3 aliphatic carbocycles. The van der Waals surface area contributed by atoms with E-state index in [9.17, 15) is 0 Å². The first-order chi connectivity index (χ1) is 25.2. The second-order valence-corrected chi connectivity index (χ2v) is 20.4. The molecule has 1 aliphatic heterocycles. The van der Waals surface area contributed by atoms with Crippen LogP contribution in [-0.2, 0) is 0 Å². The van der Waals surface area contributed by atoms with E-state index in [1.807, 2.05) is 0 Å². The summed E-state index contributed by atoms with van der Waals surface area (Å²) >= 11 is 0. The molecule has 0 spiro atoms. The van der Waals surface area contributed by atoms with Gasteiger partial charge in [-0.2, -0.15) is 0 Å². The van der Waals surface area contributed by atoms with Crippen molar-refractivity contribution in [2.45, 2.75) is 53.6 Å². The highest BCUT2D eigenvalue weighted by Crippen LogP contribution is 2.50. The van der Waals surface area contributed by atoms with Crippen LogP contribution in [0.15, 0.2) is 150 Å². The van der Waals surface area contributed by atoms with Gasteiger partial charge in [-0.1, -0.05) is 174 Å². The summed E-state index contributed by atoms with van der Waals surface area (Å²) in [6.45, 7) is 14.2.